The number of amides is 1. The van der Waals surface area contributed by atoms with Gasteiger partial charge in [-0.3, -0.25) is 9.59 Å². The lowest BCUT2D eigenvalue weighted by Gasteiger charge is -2.24. The van der Waals surface area contributed by atoms with Crippen LogP contribution in [0.2, 0.25) is 15.1 Å². The summed E-state index contributed by atoms with van der Waals surface area (Å²) in [5.74, 6) is -1.36. The van der Waals surface area contributed by atoms with Gasteiger partial charge in [-0.15, -0.1) is 0 Å². The Balaban J connectivity index is 1.88. The fourth-order valence-electron chi connectivity index (χ4n) is 3.41. The Morgan fingerprint density at radius 1 is 1.00 bits per heavy atom. The SMILES string of the molecule is O=C1C(=O)N(Cc2ccco2)C(c2ccc(Cl)c(Cl)c2)/C1=C(\O)c1ccc(Cl)cc1. The number of carbonyl (C=O) groups excluding carboxylic acids is 2. The molecule has 2 heterocycles. The number of hydrogen-bond acceptors (Lipinski definition) is 4. The Kier molecular flexibility index (Phi) is 5.60. The number of Topliss-reactive ketones (excluding diaryl/α,β-unsaturated/α-hetero) is 1. The maximum Gasteiger partial charge on any atom is 0.296 e. The van der Waals surface area contributed by atoms with E-state index in [0.717, 1.165) is 0 Å². The van der Waals surface area contributed by atoms with Crippen LogP contribution in [0.3, 0.4) is 0 Å². The molecule has 1 N–H and O–H groups in total. The Bertz CT molecular complexity index is 1150. The maximum atomic E-state index is 12.9. The highest BCUT2D eigenvalue weighted by Crippen LogP contribution is 2.41. The lowest BCUT2D eigenvalue weighted by Crippen LogP contribution is -2.29. The molecular weight excluding hydrogens is 449 g/mol. The number of nitrogens with zero attached hydrogens (tertiary/aromatic N) is 1. The maximum absolute atomic E-state index is 12.9. The van der Waals surface area contributed by atoms with Gasteiger partial charge in [0.1, 0.15) is 11.5 Å². The van der Waals surface area contributed by atoms with Gasteiger partial charge in [0.25, 0.3) is 11.7 Å². The minimum absolute atomic E-state index is 0.0416. The first-order chi connectivity index (χ1) is 14.4. The average molecular weight is 463 g/mol. The van der Waals surface area contributed by atoms with Crippen molar-refractivity contribution in [1.29, 1.82) is 0 Å². The molecule has 1 amide bonds. The molecule has 152 valence electrons. The highest BCUT2D eigenvalue weighted by Gasteiger charge is 2.46. The van der Waals surface area contributed by atoms with E-state index >= 15 is 0 Å². The Hall–Kier alpha value is -2.73. The van der Waals surface area contributed by atoms with Crippen molar-refractivity contribution in [2.75, 3.05) is 0 Å². The summed E-state index contributed by atoms with van der Waals surface area (Å²) < 4.78 is 5.35. The van der Waals surface area contributed by atoms with E-state index in [4.69, 9.17) is 39.2 Å². The topological polar surface area (TPSA) is 70.8 Å². The summed E-state index contributed by atoms with van der Waals surface area (Å²) >= 11 is 18.1. The molecule has 8 heteroatoms. The third kappa shape index (κ3) is 3.72. The molecule has 1 saturated heterocycles. The molecule has 2 aromatic carbocycles. The number of carbonyl (C=O) groups is 2. The van der Waals surface area contributed by atoms with Crippen molar-refractivity contribution in [1.82, 2.24) is 4.90 Å². The summed E-state index contributed by atoms with van der Waals surface area (Å²) in [6.07, 6.45) is 1.48. The molecule has 30 heavy (non-hydrogen) atoms. The molecule has 0 bridgehead atoms. The first-order valence-electron chi connectivity index (χ1n) is 8.88. The van der Waals surface area contributed by atoms with Crippen LogP contribution in [0.5, 0.6) is 0 Å². The van der Waals surface area contributed by atoms with E-state index < -0.39 is 17.7 Å². The van der Waals surface area contributed by atoms with Crippen molar-refractivity contribution < 1.29 is 19.1 Å². The quantitative estimate of drug-likeness (QED) is 0.299. The van der Waals surface area contributed by atoms with Crippen LogP contribution in [0.25, 0.3) is 5.76 Å². The minimum Gasteiger partial charge on any atom is -0.507 e. The largest absolute Gasteiger partial charge is 0.507 e. The van der Waals surface area contributed by atoms with Crippen LogP contribution < -0.4 is 0 Å². The van der Waals surface area contributed by atoms with Crippen molar-refractivity contribution in [3.05, 3.63) is 98.4 Å². The molecule has 1 atom stereocenters. The smallest absolute Gasteiger partial charge is 0.296 e. The fourth-order valence-corrected chi connectivity index (χ4v) is 3.84. The highest BCUT2D eigenvalue weighted by atomic mass is 35.5. The lowest BCUT2D eigenvalue weighted by atomic mass is 9.95. The third-order valence-corrected chi connectivity index (χ3v) is 5.81. The molecule has 4 rings (SSSR count). The Morgan fingerprint density at radius 3 is 2.37 bits per heavy atom. The molecule has 1 fully saturated rings. The van der Waals surface area contributed by atoms with Crippen molar-refractivity contribution in [3.63, 3.8) is 0 Å². The summed E-state index contributed by atoms with van der Waals surface area (Å²) in [7, 11) is 0. The number of halogens is 3. The number of likely N-dealkylation sites (tertiary alicyclic amines) is 1. The molecule has 5 nitrogen and oxygen atoms in total. The van der Waals surface area contributed by atoms with E-state index in [2.05, 4.69) is 0 Å². The Morgan fingerprint density at radius 2 is 1.73 bits per heavy atom. The van der Waals surface area contributed by atoms with Crippen LogP contribution in [0, 0.1) is 0 Å². The van der Waals surface area contributed by atoms with Gasteiger partial charge in [0, 0.05) is 10.6 Å². The number of rotatable bonds is 4. The number of aliphatic hydroxyl groups is 1. The van der Waals surface area contributed by atoms with Crippen LogP contribution in [0.1, 0.15) is 22.9 Å². The summed E-state index contributed by atoms with van der Waals surface area (Å²) in [6, 6.07) is 13.6. The molecule has 0 radical (unpaired) electrons. The van der Waals surface area contributed by atoms with E-state index in [1.165, 1.54) is 11.2 Å². The zero-order valence-corrected chi connectivity index (χ0v) is 17.6. The average Bonchev–Trinajstić information content (AvgIpc) is 3.33. The number of benzene rings is 2. The van der Waals surface area contributed by atoms with E-state index in [0.29, 0.717) is 26.9 Å². The van der Waals surface area contributed by atoms with E-state index in [9.17, 15) is 14.7 Å². The third-order valence-electron chi connectivity index (χ3n) is 4.82. The molecule has 0 aliphatic carbocycles. The summed E-state index contributed by atoms with van der Waals surface area (Å²) in [5, 5.41) is 12.0. The molecular formula is C22H14Cl3NO4. The Labute approximate surface area is 187 Å². The van der Waals surface area contributed by atoms with Gasteiger partial charge in [0.05, 0.1) is 34.5 Å². The van der Waals surface area contributed by atoms with Crippen molar-refractivity contribution in [2.24, 2.45) is 0 Å². The van der Waals surface area contributed by atoms with E-state index in [-0.39, 0.29) is 22.9 Å². The monoisotopic (exact) mass is 461 g/mol. The van der Waals surface area contributed by atoms with E-state index in [1.54, 1.807) is 54.6 Å². The second-order valence-corrected chi connectivity index (χ2v) is 7.94. The van der Waals surface area contributed by atoms with Gasteiger partial charge >= 0.3 is 0 Å². The van der Waals surface area contributed by atoms with Gasteiger partial charge in [-0.25, -0.2) is 0 Å². The predicted molar refractivity (Wildman–Crippen MR) is 114 cm³/mol. The zero-order valence-electron chi connectivity index (χ0n) is 15.3. The van der Waals surface area contributed by atoms with Gasteiger partial charge in [-0.1, -0.05) is 40.9 Å². The second kappa shape index (κ2) is 8.19. The molecule has 3 aromatic rings. The molecule has 0 saturated carbocycles. The van der Waals surface area contributed by atoms with Gasteiger partial charge in [0.15, 0.2) is 0 Å². The zero-order chi connectivity index (χ0) is 21.4. The van der Waals surface area contributed by atoms with Gasteiger partial charge < -0.3 is 14.4 Å². The number of ketones is 1. The molecule has 1 aromatic heterocycles. The van der Waals surface area contributed by atoms with Gasteiger partial charge in [-0.2, -0.15) is 0 Å². The normalized spacial score (nSPS) is 18.2. The first kappa shape index (κ1) is 20.5. The van der Waals surface area contributed by atoms with Crippen molar-refractivity contribution in [2.45, 2.75) is 12.6 Å². The number of aliphatic hydroxyl groups excluding tert-OH is 1. The minimum atomic E-state index is -0.874. The predicted octanol–water partition coefficient (Wildman–Crippen LogP) is 5.86. The summed E-state index contributed by atoms with van der Waals surface area (Å²) in [4.78, 5) is 27.1. The van der Waals surface area contributed by atoms with Crippen molar-refractivity contribution >= 4 is 52.3 Å². The number of hydrogen-bond donors (Lipinski definition) is 1. The van der Waals surface area contributed by atoms with Crippen molar-refractivity contribution in [3.8, 4) is 0 Å². The van der Waals surface area contributed by atoms with E-state index in [1.807, 2.05) is 0 Å². The molecule has 0 spiro atoms. The highest BCUT2D eigenvalue weighted by molar-refractivity contribution is 6.46. The van der Waals surface area contributed by atoms with Crippen LogP contribution in [0.15, 0.2) is 70.9 Å². The summed E-state index contributed by atoms with van der Waals surface area (Å²) in [6.45, 7) is 0.0416. The molecule has 1 aliphatic heterocycles. The lowest BCUT2D eigenvalue weighted by molar-refractivity contribution is -0.140. The van der Waals surface area contributed by atoms with Crippen LogP contribution in [-0.4, -0.2) is 21.7 Å². The second-order valence-electron chi connectivity index (χ2n) is 6.69. The fraction of sp³-hybridized carbons (Fsp3) is 0.0909. The van der Waals surface area contributed by atoms with Gasteiger partial charge in [-0.05, 0) is 54.1 Å². The van der Waals surface area contributed by atoms with Crippen LogP contribution >= 0.6 is 34.8 Å². The number of furan rings is 1. The van der Waals surface area contributed by atoms with Gasteiger partial charge in [0.2, 0.25) is 0 Å². The first-order valence-corrected chi connectivity index (χ1v) is 10.0. The van der Waals surface area contributed by atoms with Crippen LogP contribution in [0.4, 0.5) is 0 Å². The molecule has 1 unspecified atom stereocenters. The molecule has 1 aliphatic rings. The summed E-state index contributed by atoms with van der Waals surface area (Å²) in [5.41, 5.74) is 0.846. The standard InChI is InChI=1S/C22H14Cl3NO4/c23-14-6-3-12(4-7-14)20(27)18-19(13-5-8-16(24)17(25)10-13)26(22(29)21(18)28)11-15-2-1-9-30-15/h1-10,19,27H,11H2/b20-18+. The van der Waals surface area contributed by atoms with Crippen LogP contribution in [-0.2, 0) is 16.1 Å².